The Morgan fingerprint density at radius 3 is 2.87 bits per heavy atom. The molecule has 2 aromatic heterocycles. The molecule has 1 aromatic carbocycles. The predicted octanol–water partition coefficient (Wildman–Crippen LogP) is 4.63. The Labute approximate surface area is 142 Å². The first-order valence-electron chi connectivity index (χ1n) is 7.14. The summed E-state index contributed by atoms with van der Waals surface area (Å²) in [5, 5.41) is 6.54. The molecule has 0 radical (unpaired) electrons. The van der Waals surface area contributed by atoms with E-state index in [2.05, 4.69) is 4.98 Å². The van der Waals surface area contributed by atoms with E-state index in [4.69, 9.17) is 9.47 Å². The van der Waals surface area contributed by atoms with Gasteiger partial charge in [0.2, 0.25) is 0 Å². The molecule has 0 N–H and O–H groups in total. The maximum atomic E-state index is 12.2. The highest BCUT2D eigenvalue weighted by molar-refractivity contribution is 7.14. The first-order valence-corrected chi connectivity index (χ1v) is 8.96. The quantitative estimate of drug-likeness (QED) is 0.611. The zero-order valence-electron chi connectivity index (χ0n) is 12.5. The first kappa shape index (κ1) is 15.7. The molecule has 0 spiro atoms. The minimum Gasteiger partial charge on any atom is -0.493 e. The molecular weight excluding hydrogens is 330 g/mol. The van der Waals surface area contributed by atoms with Crippen LogP contribution >= 0.6 is 22.7 Å². The number of benzene rings is 1. The first-order chi connectivity index (χ1) is 11.3. The smallest absolute Gasteiger partial charge is 0.358 e. The highest BCUT2D eigenvalue weighted by Gasteiger charge is 2.14. The number of ether oxygens (including phenoxy) is 2. The molecule has 0 fully saturated rings. The second-order valence-electron chi connectivity index (χ2n) is 4.67. The summed E-state index contributed by atoms with van der Waals surface area (Å²) in [6.07, 6.45) is 0. The van der Waals surface area contributed by atoms with Crippen LogP contribution in [0.25, 0.3) is 10.6 Å². The topological polar surface area (TPSA) is 48.4 Å². The minimum atomic E-state index is -0.422. The van der Waals surface area contributed by atoms with Crippen molar-refractivity contribution in [3.05, 3.63) is 57.7 Å². The van der Waals surface area contributed by atoms with E-state index in [1.165, 1.54) is 11.3 Å². The van der Waals surface area contributed by atoms with Gasteiger partial charge >= 0.3 is 5.97 Å². The Balaban J connectivity index is 1.66. The van der Waals surface area contributed by atoms with Gasteiger partial charge in [0, 0.05) is 21.9 Å². The number of thiophene rings is 1. The molecule has 4 nitrogen and oxygen atoms in total. The maximum absolute atomic E-state index is 12.2. The lowest BCUT2D eigenvalue weighted by molar-refractivity contribution is 0.0463. The molecule has 0 bridgehead atoms. The zero-order chi connectivity index (χ0) is 16.1. The molecular formula is C17H15NO3S2. The van der Waals surface area contributed by atoms with Gasteiger partial charge in [-0.1, -0.05) is 18.2 Å². The third kappa shape index (κ3) is 3.78. The molecule has 23 heavy (non-hydrogen) atoms. The van der Waals surface area contributed by atoms with Crippen molar-refractivity contribution in [1.82, 2.24) is 4.98 Å². The van der Waals surface area contributed by atoms with Crippen LogP contribution < -0.4 is 4.74 Å². The van der Waals surface area contributed by atoms with Gasteiger partial charge in [-0.2, -0.15) is 11.3 Å². The average molecular weight is 345 g/mol. The molecule has 3 aromatic rings. The molecule has 3 rings (SSSR count). The van der Waals surface area contributed by atoms with E-state index in [0.717, 1.165) is 21.9 Å². The van der Waals surface area contributed by atoms with Crippen molar-refractivity contribution in [1.29, 1.82) is 0 Å². The Morgan fingerprint density at radius 1 is 1.22 bits per heavy atom. The molecule has 0 atom stereocenters. The third-order valence-corrected chi connectivity index (χ3v) is 4.69. The summed E-state index contributed by atoms with van der Waals surface area (Å²) in [6.45, 7) is 2.66. The van der Waals surface area contributed by atoms with Crippen LogP contribution in [0.3, 0.4) is 0 Å². The fourth-order valence-corrected chi connectivity index (χ4v) is 3.52. The van der Waals surface area contributed by atoms with Gasteiger partial charge in [-0.3, -0.25) is 0 Å². The Morgan fingerprint density at radius 2 is 2.09 bits per heavy atom. The van der Waals surface area contributed by atoms with Crippen LogP contribution in [0.1, 0.15) is 23.0 Å². The van der Waals surface area contributed by atoms with E-state index in [9.17, 15) is 4.79 Å². The number of nitrogens with zero attached hydrogens (tertiary/aromatic N) is 1. The number of thiazole rings is 1. The summed E-state index contributed by atoms with van der Waals surface area (Å²) in [5.74, 6) is 0.314. The average Bonchev–Trinajstić information content (AvgIpc) is 3.25. The maximum Gasteiger partial charge on any atom is 0.358 e. The van der Waals surface area contributed by atoms with Crippen LogP contribution in [0.2, 0.25) is 0 Å². The molecule has 0 saturated heterocycles. The summed E-state index contributed by atoms with van der Waals surface area (Å²) in [7, 11) is 0. The van der Waals surface area contributed by atoms with Crippen molar-refractivity contribution in [2.75, 3.05) is 6.61 Å². The molecule has 0 aliphatic heterocycles. The summed E-state index contributed by atoms with van der Waals surface area (Å²) < 4.78 is 10.9. The van der Waals surface area contributed by atoms with E-state index in [1.807, 2.05) is 48.0 Å². The second kappa shape index (κ2) is 7.39. The lowest BCUT2D eigenvalue weighted by Gasteiger charge is -2.09. The van der Waals surface area contributed by atoms with Crippen LogP contribution in [0.5, 0.6) is 5.75 Å². The molecule has 0 amide bonds. The van der Waals surface area contributed by atoms with Crippen molar-refractivity contribution < 1.29 is 14.3 Å². The summed E-state index contributed by atoms with van der Waals surface area (Å²) in [5.41, 5.74) is 2.21. The number of rotatable bonds is 6. The van der Waals surface area contributed by atoms with Gasteiger partial charge in [-0.15, -0.1) is 11.3 Å². The number of hydrogen-bond acceptors (Lipinski definition) is 6. The van der Waals surface area contributed by atoms with E-state index < -0.39 is 5.97 Å². The van der Waals surface area contributed by atoms with Crippen molar-refractivity contribution in [2.24, 2.45) is 0 Å². The minimum absolute atomic E-state index is 0.167. The number of carbonyl (C=O) groups is 1. The van der Waals surface area contributed by atoms with Gasteiger partial charge in [0.1, 0.15) is 17.4 Å². The normalized spacial score (nSPS) is 10.5. The number of hydrogen-bond donors (Lipinski definition) is 0. The van der Waals surface area contributed by atoms with Crippen molar-refractivity contribution in [2.45, 2.75) is 13.5 Å². The highest BCUT2D eigenvalue weighted by atomic mass is 32.1. The predicted molar refractivity (Wildman–Crippen MR) is 92.2 cm³/mol. The molecule has 0 aliphatic carbocycles. The highest BCUT2D eigenvalue weighted by Crippen LogP contribution is 2.26. The number of carbonyl (C=O) groups excluding carboxylic acids is 1. The largest absolute Gasteiger partial charge is 0.493 e. The van der Waals surface area contributed by atoms with Gasteiger partial charge in [0.15, 0.2) is 5.69 Å². The number of esters is 1. The van der Waals surface area contributed by atoms with Crippen LogP contribution in [0, 0.1) is 0 Å². The van der Waals surface area contributed by atoms with Gasteiger partial charge in [-0.25, -0.2) is 9.78 Å². The SMILES string of the molecule is CCOc1ccccc1COC(=O)c1csc(-c2ccsc2)n1. The van der Waals surface area contributed by atoms with Crippen LogP contribution in [0.15, 0.2) is 46.5 Å². The van der Waals surface area contributed by atoms with Gasteiger partial charge in [0.05, 0.1) is 6.61 Å². The van der Waals surface area contributed by atoms with E-state index in [-0.39, 0.29) is 6.61 Å². The molecule has 6 heteroatoms. The third-order valence-electron chi connectivity index (χ3n) is 3.11. The van der Waals surface area contributed by atoms with E-state index in [0.29, 0.717) is 12.3 Å². The molecule has 118 valence electrons. The monoisotopic (exact) mass is 345 g/mol. The van der Waals surface area contributed by atoms with Crippen LogP contribution in [-0.2, 0) is 11.3 Å². The number of aromatic nitrogens is 1. The standard InChI is InChI=1S/C17H15NO3S2/c1-2-20-15-6-4-3-5-12(15)9-21-17(19)14-11-23-16(18-14)13-7-8-22-10-13/h3-8,10-11H,2,9H2,1H3. The summed E-state index contributed by atoms with van der Waals surface area (Å²) >= 11 is 3.04. The van der Waals surface area contributed by atoms with Crippen LogP contribution in [-0.4, -0.2) is 17.6 Å². The van der Waals surface area contributed by atoms with E-state index in [1.54, 1.807) is 16.7 Å². The second-order valence-corrected chi connectivity index (χ2v) is 6.30. The molecule has 0 unspecified atom stereocenters. The van der Waals surface area contributed by atoms with Crippen molar-refractivity contribution in [3.63, 3.8) is 0 Å². The van der Waals surface area contributed by atoms with E-state index >= 15 is 0 Å². The Kier molecular flexibility index (Phi) is 5.05. The van der Waals surface area contributed by atoms with Crippen molar-refractivity contribution in [3.8, 4) is 16.3 Å². The van der Waals surface area contributed by atoms with Gasteiger partial charge in [-0.05, 0) is 24.4 Å². The Bertz CT molecular complexity index is 781. The van der Waals surface area contributed by atoms with Crippen LogP contribution in [0.4, 0.5) is 0 Å². The van der Waals surface area contributed by atoms with Gasteiger partial charge < -0.3 is 9.47 Å². The van der Waals surface area contributed by atoms with Gasteiger partial charge in [0.25, 0.3) is 0 Å². The molecule has 2 heterocycles. The summed E-state index contributed by atoms with van der Waals surface area (Å²) in [6, 6.07) is 9.52. The van der Waals surface area contributed by atoms with Crippen molar-refractivity contribution >= 4 is 28.6 Å². The fourth-order valence-electron chi connectivity index (χ4n) is 2.02. The number of para-hydroxylation sites is 1. The lowest BCUT2D eigenvalue weighted by atomic mass is 10.2. The fraction of sp³-hybridized carbons (Fsp3) is 0.176. The lowest BCUT2D eigenvalue weighted by Crippen LogP contribution is -2.07. The zero-order valence-corrected chi connectivity index (χ0v) is 14.2. The molecule has 0 aliphatic rings. The molecule has 0 saturated carbocycles. The summed E-state index contributed by atoms with van der Waals surface area (Å²) in [4.78, 5) is 16.5. The Hall–Kier alpha value is -2.18.